The quantitative estimate of drug-likeness (QED) is 0.653. The summed E-state index contributed by atoms with van der Waals surface area (Å²) in [5, 5.41) is 6.39. The Morgan fingerprint density at radius 3 is 2.07 bits per heavy atom. The normalized spacial score (nSPS) is 18.9. The molecule has 0 bridgehead atoms. The molecule has 2 amide bonds. The summed E-state index contributed by atoms with van der Waals surface area (Å²) in [6.45, 7) is 8.65. The van der Waals surface area contributed by atoms with Crippen molar-refractivity contribution >= 4 is 17.5 Å². The summed E-state index contributed by atoms with van der Waals surface area (Å²) in [6.07, 6.45) is 7.26. The summed E-state index contributed by atoms with van der Waals surface area (Å²) in [6, 6.07) is 6.64. The molecule has 4 nitrogen and oxygen atoms in total. The highest BCUT2D eigenvalue weighted by molar-refractivity contribution is 5.99. The number of benzene rings is 1. The molecule has 2 N–H and O–H groups in total. The van der Waals surface area contributed by atoms with Crippen LogP contribution >= 0.6 is 0 Å². The molecule has 28 heavy (non-hydrogen) atoms. The van der Waals surface area contributed by atoms with Crippen molar-refractivity contribution in [1.82, 2.24) is 5.32 Å². The fraction of sp³-hybridized carbons (Fsp3) is 0.667. The van der Waals surface area contributed by atoms with Crippen molar-refractivity contribution in [3.63, 3.8) is 0 Å². The van der Waals surface area contributed by atoms with E-state index in [1.54, 1.807) is 0 Å². The van der Waals surface area contributed by atoms with Crippen molar-refractivity contribution in [2.75, 3.05) is 5.32 Å². The van der Waals surface area contributed by atoms with Gasteiger partial charge < -0.3 is 10.6 Å². The molecule has 2 aliphatic rings. The van der Waals surface area contributed by atoms with Crippen LogP contribution in [0.4, 0.5) is 5.69 Å². The molecule has 2 aliphatic carbocycles. The van der Waals surface area contributed by atoms with Gasteiger partial charge in [-0.2, -0.15) is 0 Å². The average Bonchev–Trinajstić information content (AvgIpc) is 3.45. The highest BCUT2D eigenvalue weighted by Crippen LogP contribution is 2.42. The van der Waals surface area contributed by atoms with Gasteiger partial charge in [0.25, 0.3) is 0 Å². The Balaban J connectivity index is 1.86. The van der Waals surface area contributed by atoms with Crippen molar-refractivity contribution in [1.29, 1.82) is 0 Å². The van der Waals surface area contributed by atoms with Gasteiger partial charge in [-0.25, -0.2) is 0 Å². The van der Waals surface area contributed by atoms with Crippen LogP contribution in [0.25, 0.3) is 0 Å². The van der Waals surface area contributed by atoms with Crippen molar-refractivity contribution in [3.8, 4) is 0 Å². The molecular formula is C24H36N2O2. The Morgan fingerprint density at radius 2 is 1.57 bits per heavy atom. The first-order chi connectivity index (χ1) is 13.3. The van der Waals surface area contributed by atoms with Gasteiger partial charge in [0.05, 0.1) is 5.41 Å². The van der Waals surface area contributed by atoms with Crippen LogP contribution in [0.2, 0.25) is 0 Å². The topological polar surface area (TPSA) is 58.2 Å². The molecule has 4 heteroatoms. The maximum atomic E-state index is 13.6. The second-order valence-corrected chi connectivity index (χ2v) is 9.43. The van der Waals surface area contributed by atoms with E-state index < -0.39 is 5.41 Å². The first kappa shape index (κ1) is 20.9. The number of anilines is 1. The molecule has 0 unspecified atom stereocenters. The summed E-state index contributed by atoms with van der Waals surface area (Å²) >= 11 is 0. The minimum atomic E-state index is -0.574. The van der Waals surface area contributed by atoms with Gasteiger partial charge in [-0.1, -0.05) is 65.2 Å². The summed E-state index contributed by atoms with van der Waals surface area (Å²) < 4.78 is 0. The number of amides is 2. The van der Waals surface area contributed by atoms with E-state index in [0.29, 0.717) is 24.3 Å². The zero-order chi connectivity index (χ0) is 20.3. The molecule has 0 spiro atoms. The van der Waals surface area contributed by atoms with E-state index in [4.69, 9.17) is 0 Å². The largest absolute Gasteiger partial charge is 0.353 e. The van der Waals surface area contributed by atoms with E-state index in [2.05, 4.69) is 56.5 Å². The first-order valence-electron chi connectivity index (χ1n) is 11.1. The predicted octanol–water partition coefficient (Wildman–Crippen LogP) is 5.49. The minimum Gasteiger partial charge on any atom is -0.353 e. The standard InChI is InChI=1S/C24H36N2O2/c1-16(2)19-9-8-10-20(17(3)4)22(19)26-23(28)24(13-6-5-7-14-24)15-21(27)25-18-11-12-18/h8-10,16-18H,5-7,11-15H2,1-4H3,(H,25,27)(H,26,28). The van der Waals surface area contributed by atoms with E-state index in [1.165, 1.54) is 11.1 Å². The lowest BCUT2D eigenvalue weighted by Gasteiger charge is -2.36. The average molecular weight is 385 g/mol. The predicted molar refractivity (Wildman–Crippen MR) is 115 cm³/mol. The molecule has 2 fully saturated rings. The molecule has 0 atom stereocenters. The van der Waals surface area contributed by atoms with Crippen molar-refractivity contribution in [2.45, 2.75) is 96.9 Å². The molecule has 0 aliphatic heterocycles. The number of carbonyl (C=O) groups excluding carboxylic acids is 2. The molecule has 1 aromatic carbocycles. The summed E-state index contributed by atoms with van der Waals surface area (Å²) in [5.74, 6) is 0.734. The highest BCUT2D eigenvalue weighted by Gasteiger charge is 2.42. The Hall–Kier alpha value is -1.84. The van der Waals surface area contributed by atoms with Crippen LogP contribution in [0.5, 0.6) is 0 Å². The maximum Gasteiger partial charge on any atom is 0.231 e. The molecule has 0 heterocycles. The molecular weight excluding hydrogens is 348 g/mol. The van der Waals surface area contributed by atoms with Crippen LogP contribution in [-0.4, -0.2) is 17.9 Å². The molecule has 0 saturated heterocycles. The zero-order valence-electron chi connectivity index (χ0n) is 17.9. The fourth-order valence-corrected chi connectivity index (χ4v) is 4.47. The van der Waals surface area contributed by atoms with Crippen LogP contribution in [0, 0.1) is 5.41 Å². The third kappa shape index (κ3) is 4.76. The fourth-order valence-electron chi connectivity index (χ4n) is 4.47. The lowest BCUT2D eigenvalue weighted by Crippen LogP contribution is -2.43. The number of para-hydroxylation sites is 1. The number of rotatable bonds is 7. The summed E-state index contributed by atoms with van der Waals surface area (Å²) in [4.78, 5) is 26.2. The lowest BCUT2D eigenvalue weighted by molar-refractivity contribution is -0.134. The van der Waals surface area contributed by atoms with Gasteiger partial charge in [0.2, 0.25) is 11.8 Å². The second-order valence-electron chi connectivity index (χ2n) is 9.43. The van der Waals surface area contributed by atoms with Gasteiger partial charge in [-0.3, -0.25) is 9.59 Å². The van der Waals surface area contributed by atoms with Gasteiger partial charge in [0.1, 0.15) is 0 Å². The molecule has 0 aromatic heterocycles. The lowest BCUT2D eigenvalue weighted by atomic mass is 9.70. The van der Waals surface area contributed by atoms with Gasteiger partial charge in [0.15, 0.2) is 0 Å². The van der Waals surface area contributed by atoms with Gasteiger partial charge in [0, 0.05) is 18.2 Å². The molecule has 0 radical (unpaired) electrons. The van der Waals surface area contributed by atoms with E-state index in [-0.39, 0.29) is 11.8 Å². The smallest absolute Gasteiger partial charge is 0.231 e. The van der Waals surface area contributed by atoms with Crippen molar-refractivity contribution in [3.05, 3.63) is 29.3 Å². The van der Waals surface area contributed by atoms with E-state index >= 15 is 0 Å². The van der Waals surface area contributed by atoms with Crippen LogP contribution < -0.4 is 10.6 Å². The van der Waals surface area contributed by atoms with E-state index in [9.17, 15) is 9.59 Å². The SMILES string of the molecule is CC(C)c1cccc(C(C)C)c1NC(=O)C1(CC(=O)NC2CC2)CCCCC1. The van der Waals surface area contributed by atoms with Crippen LogP contribution in [0.1, 0.15) is 102 Å². The maximum absolute atomic E-state index is 13.6. The Morgan fingerprint density at radius 1 is 1.00 bits per heavy atom. The monoisotopic (exact) mass is 384 g/mol. The van der Waals surface area contributed by atoms with E-state index in [1.807, 2.05) is 0 Å². The molecule has 154 valence electrons. The van der Waals surface area contributed by atoms with Gasteiger partial charge in [-0.15, -0.1) is 0 Å². The Bertz CT molecular complexity index is 687. The third-order valence-electron chi connectivity index (χ3n) is 6.35. The van der Waals surface area contributed by atoms with Crippen LogP contribution in [0.3, 0.4) is 0 Å². The number of hydrogen-bond donors (Lipinski definition) is 2. The number of hydrogen-bond acceptors (Lipinski definition) is 2. The number of carbonyl (C=O) groups is 2. The second kappa shape index (κ2) is 8.67. The van der Waals surface area contributed by atoms with Gasteiger partial charge >= 0.3 is 0 Å². The molecule has 3 rings (SSSR count). The first-order valence-corrected chi connectivity index (χ1v) is 11.1. The van der Waals surface area contributed by atoms with Gasteiger partial charge in [-0.05, 0) is 48.6 Å². The zero-order valence-corrected chi connectivity index (χ0v) is 17.9. The number of nitrogens with one attached hydrogen (secondary N) is 2. The Labute approximate surface area is 169 Å². The highest BCUT2D eigenvalue weighted by atomic mass is 16.2. The Kier molecular flexibility index (Phi) is 6.47. The third-order valence-corrected chi connectivity index (χ3v) is 6.35. The summed E-state index contributed by atoms with van der Waals surface area (Å²) in [7, 11) is 0. The van der Waals surface area contributed by atoms with Crippen LogP contribution in [-0.2, 0) is 9.59 Å². The minimum absolute atomic E-state index is 0.0353. The van der Waals surface area contributed by atoms with Crippen molar-refractivity contribution < 1.29 is 9.59 Å². The van der Waals surface area contributed by atoms with Crippen LogP contribution in [0.15, 0.2) is 18.2 Å². The molecule has 1 aromatic rings. The van der Waals surface area contributed by atoms with Crippen molar-refractivity contribution in [2.24, 2.45) is 5.41 Å². The summed E-state index contributed by atoms with van der Waals surface area (Å²) in [5.41, 5.74) is 2.74. The van der Waals surface area contributed by atoms with E-state index in [0.717, 1.165) is 50.6 Å². The molecule has 2 saturated carbocycles.